The predicted molar refractivity (Wildman–Crippen MR) is 136 cm³/mol. The molecule has 1 unspecified atom stereocenters. The molecule has 0 radical (unpaired) electrons. The number of benzene rings is 1. The molecule has 0 saturated heterocycles. The molecule has 0 spiro atoms. The molecule has 34 heavy (non-hydrogen) atoms. The van der Waals surface area contributed by atoms with Crippen molar-refractivity contribution in [1.82, 2.24) is 14.7 Å². The zero-order chi connectivity index (χ0) is 24.5. The second-order valence-electron chi connectivity index (χ2n) is 9.31. The van der Waals surface area contributed by atoms with Gasteiger partial charge in [0.15, 0.2) is 0 Å². The summed E-state index contributed by atoms with van der Waals surface area (Å²) in [6, 6.07) is 13.6. The minimum absolute atomic E-state index is 0.196. The Morgan fingerprint density at radius 1 is 1.15 bits per heavy atom. The van der Waals surface area contributed by atoms with E-state index in [9.17, 15) is 14.7 Å². The summed E-state index contributed by atoms with van der Waals surface area (Å²) in [5.74, 6) is -0.674. The zero-order valence-corrected chi connectivity index (χ0v) is 20.4. The molecular weight excluding hydrogens is 448 g/mol. The number of nitrogens with zero attached hydrogens (tertiary/aromatic N) is 2. The first-order valence-corrected chi connectivity index (χ1v) is 11.9. The summed E-state index contributed by atoms with van der Waals surface area (Å²) in [7, 11) is 0. The smallest absolute Gasteiger partial charge is 0.326 e. The number of fused-ring (bicyclic) bond motifs is 1. The second kappa shape index (κ2) is 9.30. The van der Waals surface area contributed by atoms with Gasteiger partial charge in [-0.05, 0) is 62.4 Å². The summed E-state index contributed by atoms with van der Waals surface area (Å²) in [6.07, 6.45) is 2.00. The monoisotopic (exact) mass is 476 g/mol. The van der Waals surface area contributed by atoms with Gasteiger partial charge in [-0.15, -0.1) is 11.3 Å². The highest BCUT2D eigenvalue weighted by Crippen LogP contribution is 2.36. The van der Waals surface area contributed by atoms with Gasteiger partial charge in [0.1, 0.15) is 23.2 Å². The molecule has 1 amide bonds. The first-order valence-electron chi connectivity index (χ1n) is 11.0. The van der Waals surface area contributed by atoms with Crippen molar-refractivity contribution in [2.75, 3.05) is 5.32 Å². The minimum atomic E-state index is -1.08. The van der Waals surface area contributed by atoms with Crippen LogP contribution < -0.4 is 10.6 Å². The van der Waals surface area contributed by atoms with Gasteiger partial charge < -0.3 is 15.7 Å². The number of pyridine rings is 1. The van der Waals surface area contributed by atoms with Crippen LogP contribution >= 0.6 is 11.3 Å². The molecule has 0 saturated carbocycles. The lowest BCUT2D eigenvalue weighted by Gasteiger charge is -2.22. The summed E-state index contributed by atoms with van der Waals surface area (Å²) in [6.45, 7) is 8.29. The Kier molecular flexibility index (Phi) is 6.43. The molecule has 1 atom stereocenters. The van der Waals surface area contributed by atoms with E-state index in [-0.39, 0.29) is 12.0 Å². The Hall–Kier alpha value is -3.65. The van der Waals surface area contributed by atoms with Crippen LogP contribution in [0, 0.1) is 6.92 Å². The fourth-order valence-corrected chi connectivity index (χ4v) is 4.64. The number of anilines is 1. The van der Waals surface area contributed by atoms with E-state index in [1.807, 2.05) is 47.0 Å². The third-order valence-electron chi connectivity index (χ3n) is 5.34. The highest BCUT2D eigenvalue weighted by atomic mass is 32.1. The molecule has 3 heterocycles. The number of imidazole rings is 1. The summed E-state index contributed by atoms with van der Waals surface area (Å²) in [4.78, 5) is 30.7. The van der Waals surface area contributed by atoms with Crippen LogP contribution in [0.4, 0.5) is 5.82 Å². The number of carboxylic acid groups (broad SMARTS) is 1. The molecule has 0 aliphatic rings. The van der Waals surface area contributed by atoms with Crippen LogP contribution in [-0.4, -0.2) is 37.9 Å². The number of carbonyl (C=O) groups excluding carboxylic acids is 1. The number of amides is 1. The van der Waals surface area contributed by atoms with E-state index < -0.39 is 17.9 Å². The Labute approximate surface area is 202 Å². The van der Waals surface area contributed by atoms with Crippen molar-refractivity contribution in [2.24, 2.45) is 0 Å². The molecule has 3 aromatic heterocycles. The number of nitrogens with one attached hydrogen (secondary N) is 2. The highest BCUT2D eigenvalue weighted by molar-refractivity contribution is 7.13. The third kappa shape index (κ3) is 5.12. The Balaban J connectivity index is 1.67. The number of carbonyl (C=O) groups is 2. The largest absolute Gasteiger partial charge is 0.480 e. The second-order valence-corrected chi connectivity index (χ2v) is 10.2. The van der Waals surface area contributed by atoms with Gasteiger partial charge in [-0.2, -0.15) is 0 Å². The Morgan fingerprint density at radius 3 is 2.50 bits per heavy atom. The molecule has 7 nitrogen and oxygen atoms in total. The number of thiophene rings is 1. The van der Waals surface area contributed by atoms with Gasteiger partial charge in [-0.25, -0.2) is 9.78 Å². The number of aromatic nitrogens is 2. The maximum atomic E-state index is 13.0. The van der Waals surface area contributed by atoms with Gasteiger partial charge in [0, 0.05) is 23.7 Å². The predicted octanol–water partition coefficient (Wildman–Crippen LogP) is 5.01. The van der Waals surface area contributed by atoms with Crippen LogP contribution in [0.3, 0.4) is 0 Å². The van der Waals surface area contributed by atoms with E-state index in [2.05, 4.69) is 37.5 Å². The minimum Gasteiger partial charge on any atom is -0.480 e. The fraction of sp³-hybridized carbons (Fsp3) is 0.269. The SMILES string of the molecule is Cc1ccsc1-c1nc2cc(C(=O)NC(Cc3ccccc3)C(=O)O)ccn2c1NC(C)(C)C. The van der Waals surface area contributed by atoms with E-state index in [0.717, 1.165) is 27.5 Å². The average Bonchev–Trinajstić information content (AvgIpc) is 3.35. The van der Waals surface area contributed by atoms with Crippen molar-refractivity contribution in [3.8, 4) is 10.6 Å². The van der Waals surface area contributed by atoms with E-state index in [1.165, 1.54) is 0 Å². The number of hydrogen-bond acceptors (Lipinski definition) is 5. The number of carboxylic acids is 1. The quantitative estimate of drug-likeness (QED) is 0.349. The fourth-order valence-electron chi connectivity index (χ4n) is 3.73. The van der Waals surface area contributed by atoms with Crippen molar-refractivity contribution in [3.63, 3.8) is 0 Å². The molecule has 4 rings (SSSR count). The maximum Gasteiger partial charge on any atom is 0.326 e. The lowest BCUT2D eigenvalue weighted by Crippen LogP contribution is -2.42. The highest BCUT2D eigenvalue weighted by Gasteiger charge is 2.24. The van der Waals surface area contributed by atoms with Gasteiger partial charge in [-0.1, -0.05) is 30.3 Å². The molecule has 8 heteroatoms. The molecule has 4 aromatic rings. The van der Waals surface area contributed by atoms with Gasteiger partial charge in [0.05, 0.1) is 4.88 Å². The van der Waals surface area contributed by atoms with Crippen molar-refractivity contribution < 1.29 is 14.7 Å². The molecule has 0 bridgehead atoms. The average molecular weight is 477 g/mol. The van der Waals surface area contributed by atoms with Crippen molar-refractivity contribution >= 4 is 34.7 Å². The van der Waals surface area contributed by atoms with Crippen LogP contribution in [0.1, 0.15) is 42.3 Å². The summed E-state index contributed by atoms with van der Waals surface area (Å²) >= 11 is 1.62. The summed E-state index contributed by atoms with van der Waals surface area (Å²) in [5, 5.41) is 17.9. The van der Waals surface area contributed by atoms with E-state index in [1.54, 1.807) is 29.7 Å². The zero-order valence-electron chi connectivity index (χ0n) is 19.6. The van der Waals surface area contributed by atoms with E-state index in [0.29, 0.717) is 11.2 Å². The van der Waals surface area contributed by atoms with Crippen LogP contribution in [0.5, 0.6) is 0 Å². The molecule has 0 aliphatic heterocycles. The van der Waals surface area contributed by atoms with Crippen LogP contribution in [-0.2, 0) is 11.2 Å². The van der Waals surface area contributed by atoms with Crippen LogP contribution in [0.2, 0.25) is 0 Å². The molecule has 1 aromatic carbocycles. The topological polar surface area (TPSA) is 95.7 Å². The lowest BCUT2D eigenvalue weighted by molar-refractivity contribution is -0.139. The van der Waals surface area contributed by atoms with Crippen LogP contribution in [0.15, 0.2) is 60.1 Å². The van der Waals surface area contributed by atoms with E-state index >= 15 is 0 Å². The van der Waals surface area contributed by atoms with Gasteiger partial charge in [-0.3, -0.25) is 9.20 Å². The molecule has 0 aliphatic carbocycles. The number of hydrogen-bond donors (Lipinski definition) is 3. The number of rotatable bonds is 7. The first kappa shape index (κ1) is 23.5. The van der Waals surface area contributed by atoms with E-state index in [4.69, 9.17) is 4.98 Å². The summed E-state index contributed by atoms with van der Waals surface area (Å²) < 4.78 is 1.93. The number of aryl methyl sites for hydroxylation is 1. The standard InChI is InChI=1S/C26H28N4O3S/c1-16-11-13-34-22(16)21-23(29-26(2,3)4)30-12-10-18(15-20(30)28-21)24(31)27-19(25(32)33)14-17-8-6-5-7-9-17/h5-13,15,19,29H,14H2,1-4H3,(H,27,31)(H,32,33). The lowest BCUT2D eigenvalue weighted by atomic mass is 10.1. The molecule has 3 N–H and O–H groups in total. The van der Waals surface area contributed by atoms with Crippen molar-refractivity contribution in [1.29, 1.82) is 0 Å². The molecule has 0 fully saturated rings. The molecule has 176 valence electrons. The van der Waals surface area contributed by atoms with Gasteiger partial charge >= 0.3 is 5.97 Å². The molecular formula is C26H28N4O3S. The van der Waals surface area contributed by atoms with Crippen molar-refractivity contribution in [3.05, 3.63) is 76.8 Å². The third-order valence-corrected chi connectivity index (χ3v) is 6.37. The summed E-state index contributed by atoms with van der Waals surface area (Å²) in [5.41, 5.74) is 3.57. The normalized spacial score (nSPS) is 12.5. The maximum absolute atomic E-state index is 13.0. The Bertz CT molecular complexity index is 1340. The first-order chi connectivity index (χ1) is 16.1. The Morgan fingerprint density at radius 2 is 1.88 bits per heavy atom. The van der Waals surface area contributed by atoms with Crippen molar-refractivity contribution in [2.45, 2.75) is 45.7 Å². The van der Waals surface area contributed by atoms with Gasteiger partial charge in [0.2, 0.25) is 0 Å². The van der Waals surface area contributed by atoms with Gasteiger partial charge in [0.25, 0.3) is 5.91 Å². The van der Waals surface area contributed by atoms with Crippen LogP contribution in [0.25, 0.3) is 16.2 Å². The number of aliphatic carboxylic acids is 1.